The highest BCUT2D eigenvalue weighted by molar-refractivity contribution is 7.98. The predicted molar refractivity (Wildman–Crippen MR) is 95.4 cm³/mol. The third-order valence-corrected chi connectivity index (χ3v) is 4.99. The molecule has 0 radical (unpaired) electrons. The van der Waals surface area contributed by atoms with Gasteiger partial charge in [-0.15, -0.1) is 0 Å². The molecule has 1 aliphatic rings. The van der Waals surface area contributed by atoms with Crippen LogP contribution in [-0.4, -0.2) is 52.2 Å². The molecular weight excluding hydrogens is 304 g/mol. The van der Waals surface area contributed by atoms with E-state index in [4.69, 9.17) is 0 Å². The van der Waals surface area contributed by atoms with Gasteiger partial charge in [0.2, 0.25) is 0 Å². The highest BCUT2D eigenvalue weighted by Crippen LogP contribution is 2.19. The number of nitrogens with zero attached hydrogens (tertiary/aromatic N) is 4. The van der Waals surface area contributed by atoms with E-state index in [9.17, 15) is 0 Å². The lowest BCUT2D eigenvalue weighted by molar-refractivity contribution is 0.222. The first-order valence-electron chi connectivity index (χ1n) is 8.06. The van der Waals surface area contributed by atoms with E-state index in [0.717, 1.165) is 24.8 Å². The average Bonchev–Trinajstić information content (AvgIpc) is 3.05. The van der Waals surface area contributed by atoms with Crippen LogP contribution in [0.3, 0.4) is 0 Å². The van der Waals surface area contributed by atoms with Crippen molar-refractivity contribution >= 4 is 11.8 Å². The lowest BCUT2D eigenvalue weighted by Crippen LogP contribution is -2.34. The maximum atomic E-state index is 4.36. The zero-order valence-corrected chi connectivity index (χ0v) is 14.7. The molecule has 0 aliphatic carbocycles. The molecule has 23 heavy (non-hydrogen) atoms. The van der Waals surface area contributed by atoms with Gasteiger partial charge in [0.1, 0.15) is 0 Å². The zero-order chi connectivity index (χ0) is 16.1. The van der Waals surface area contributed by atoms with Crippen LogP contribution in [0.4, 0.5) is 0 Å². The molecule has 1 fully saturated rings. The van der Waals surface area contributed by atoms with Gasteiger partial charge in [-0.3, -0.25) is 9.80 Å². The molecule has 1 aliphatic heterocycles. The van der Waals surface area contributed by atoms with E-state index in [2.05, 4.69) is 57.1 Å². The van der Waals surface area contributed by atoms with E-state index in [0.29, 0.717) is 6.04 Å². The average molecular weight is 328 g/mol. The van der Waals surface area contributed by atoms with Crippen LogP contribution in [0, 0.1) is 0 Å². The summed E-state index contributed by atoms with van der Waals surface area (Å²) in [5, 5.41) is 0.839. The third-order valence-electron chi connectivity index (χ3n) is 4.42. The van der Waals surface area contributed by atoms with E-state index < -0.39 is 0 Å². The molecule has 0 amide bonds. The molecule has 1 aromatic carbocycles. The number of benzene rings is 1. The Labute approximate surface area is 142 Å². The monoisotopic (exact) mass is 328 g/mol. The molecule has 0 N–H and O–H groups in total. The van der Waals surface area contributed by atoms with Gasteiger partial charge < -0.3 is 0 Å². The Bertz CT molecular complexity index is 602. The Morgan fingerprint density at radius 2 is 1.91 bits per heavy atom. The molecule has 1 aromatic heterocycles. The van der Waals surface area contributed by atoms with Crippen molar-refractivity contribution in [2.45, 2.75) is 30.7 Å². The quantitative estimate of drug-likeness (QED) is 0.601. The van der Waals surface area contributed by atoms with Gasteiger partial charge in [0.05, 0.1) is 0 Å². The van der Waals surface area contributed by atoms with Crippen LogP contribution in [0.25, 0.3) is 0 Å². The summed E-state index contributed by atoms with van der Waals surface area (Å²) in [5.74, 6) is 0. The first-order chi connectivity index (χ1) is 11.2. The molecule has 5 heteroatoms. The van der Waals surface area contributed by atoms with Crippen molar-refractivity contribution in [2.24, 2.45) is 0 Å². The molecule has 0 unspecified atom stereocenters. The number of likely N-dealkylation sites (N-methyl/N-ethyl adjacent to an activating group) is 1. The normalized spacial score (nSPS) is 18.7. The van der Waals surface area contributed by atoms with Crippen molar-refractivity contribution in [3.8, 4) is 0 Å². The van der Waals surface area contributed by atoms with Crippen molar-refractivity contribution in [1.82, 2.24) is 19.8 Å². The molecule has 2 aromatic rings. The standard InChI is InChI=1S/C18H24N4S/c1-21(12-16-10-19-18(23-2)20-11-16)17-8-9-22(14-17)13-15-6-4-3-5-7-15/h3-7,10-11,17H,8-9,12-14H2,1-2H3/t17-/m0/s1. The molecule has 0 bridgehead atoms. The first-order valence-corrected chi connectivity index (χ1v) is 9.28. The fourth-order valence-corrected chi connectivity index (χ4v) is 3.42. The minimum absolute atomic E-state index is 0.610. The highest BCUT2D eigenvalue weighted by Gasteiger charge is 2.25. The Balaban J connectivity index is 1.51. The fourth-order valence-electron chi connectivity index (χ4n) is 3.10. The lowest BCUT2D eigenvalue weighted by Gasteiger charge is -2.24. The second-order valence-electron chi connectivity index (χ2n) is 6.16. The topological polar surface area (TPSA) is 32.3 Å². The van der Waals surface area contributed by atoms with Gasteiger partial charge in [-0.2, -0.15) is 0 Å². The van der Waals surface area contributed by atoms with Gasteiger partial charge >= 0.3 is 0 Å². The summed E-state index contributed by atoms with van der Waals surface area (Å²) in [7, 11) is 2.21. The number of hydrogen-bond donors (Lipinski definition) is 0. The van der Waals surface area contributed by atoms with Crippen LogP contribution in [0.1, 0.15) is 17.5 Å². The van der Waals surface area contributed by atoms with Crippen LogP contribution in [-0.2, 0) is 13.1 Å². The minimum Gasteiger partial charge on any atom is -0.298 e. The maximum Gasteiger partial charge on any atom is 0.187 e. The van der Waals surface area contributed by atoms with Crippen molar-refractivity contribution in [3.63, 3.8) is 0 Å². The molecule has 1 atom stereocenters. The number of aromatic nitrogens is 2. The van der Waals surface area contributed by atoms with Gasteiger partial charge in [-0.25, -0.2) is 9.97 Å². The molecule has 1 saturated heterocycles. The molecule has 0 spiro atoms. The van der Waals surface area contributed by atoms with Crippen molar-refractivity contribution in [1.29, 1.82) is 0 Å². The van der Waals surface area contributed by atoms with Gasteiger partial charge in [0.25, 0.3) is 0 Å². The minimum atomic E-state index is 0.610. The van der Waals surface area contributed by atoms with E-state index in [-0.39, 0.29) is 0 Å². The zero-order valence-electron chi connectivity index (χ0n) is 13.9. The Hall–Kier alpha value is -1.43. The summed E-state index contributed by atoms with van der Waals surface area (Å²) < 4.78 is 0. The lowest BCUT2D eigenvalue weighted by atomic mass is 10.2. The Kier molecular flexibility index (Phi) is 5.65. The molecule has 0 saturated carbocycles. The highest BCUT2D eigenvalue weighted by atomic mass is 32.2. The van der Waals surface area contributed by atoms with E-state index >= 15 is 0 Å². The largest absolute Gasteiger partial charge is 0.298 e. The van der Waals surface area contributed by atoms with E-state index in [1.807, 2.05) is 18.6 Å². The number of thioether (sulfide) groups is 1. The summed E-state index contributed by atoms with van der Waals surface area (Å²) >= 11 is 1.58. The Morgan fingerprint density at radius 1 is 1.17 bits per heavy atom. The fraction of sp³-hybridized carbons (Fsp3) is 0.444. The molecule has 2 heterocycles. The number of hydrogen-bond acceptors (Lipinski definition) is 5. The number of rotatable bonds is 6. The van der Waals surface area contributed by atoms with Gasteiger partial charge in [-0.1, -0.05) is 42.1 Å². The van der Waals surface area contributed by atoms with Crippen molar-refractivity contribution < 1.29 is 0 Å². The smallest absolute Gasteiger partial charge is 0.187 e. The third kappa shape index (κ3) is 4.53. The summed E-state index contributed by atoms with van der Waals surface area (Å²) in [5.41, 5.74) is 2.59. The molecular formula is C18H24N4S. The summed E-state index contributed by atoms with van der Waals surface area (Å²) in [6, 6.07) is 11.3. The van der Waals surface area contributed by atoms with Gasteiger partial charge in [0, 0.05) is 50.2 Å². The van der Waals surface area contributed by atoms with Crippen LogP contribution < -0.4 is 0 Å². The van der Waals surface area contributed by atoms with Gasteiger partial charge in [-0.05, 0) is 25.3 Å². The summed E-state index contributed by atoms with van der Waals surface area (Å²) in [6.07, 6.45) is 7.13. The van der Waals surface area contributed by atoms with Crippen molar-refractivity contribution in [2.75, 3.05) is 26.4 Å². The van der Waals surface area contributed by atoms with Crippen molar-refractivity contribution in [3.05, 3.63) is 53.9 Å². The van der Waals surface area contributed by atoms with Crippen LogP contribution in [0.15, 0.2) is 47.9 Å². The van der Waals surface area contributed by atoms with E-state index in [1.165, 1.54) is 24.1 Å². The van der Waals surface area contributed by atoms with Crippen LogP contribution in [0.2, 0.25) is 0 Å². The van der Waals surface area contributed by atoms with Gasteiger partial charge in [0.15, 0.2) is 5.16 Å². The van der Waals surface area contributed by atoms with E-state index in [1.54, 1.807) is 11.8 Å². The SMILES string of the molecule is CSc1ncc(CN(C)[C@H]2CCN(Cc3ccccc3)C2)cn1. The molecule has 4 nitrogen and oxygen atoms in total. The summed E-state index contributed by atoms with van der Waals surface area (Å²) in [6.45, 7) is 4.27. The maximum absolute atomic E-state index is 4.36. The first kappa shape index (κ1) is 16.4. The second kappa shape index (κ2) is 7.90. The molecule has 122 valence electrons. The predicted octanol–water partition coefficient (Wildman–Crippen LogP) is 2.90. The Morgan fingerprint density at radius 3 is 2.61 bits per heavy atom. The van der Waals surface area contributed by atoms with Crippen LogP contribution in [0.5, 0.6) is 0 Å². The molecule has 3 rings (SSSR count). The summed E-state index contributed by atoms with van der Waals surface area (Å²) in [4.78, 5) is 13.7. The number of likely N-dealkylation sites (tertiary alicyclic amines) is 1. The van der Waals surface area contributed by atoms with Crippen LogP contribution >= 0.6 is 11.8 Å². The second-order valence-corrected chi connectivity index (χ2v) is 6.93.